The average molecular weight is 501 g/mol. The molecule has 34 heavy (non-hydrogen) atoms. The Balaban J connectivity index is 1.38. The Hall–Kier alpha value is -2.98. The molecule has 0 saturated carbocycles. The molecule has 3 heterocycles. The Morgan fingerprint density at radius 2 is 1.94 bits per heavy atom. The predicted octanol–water partition coefficient (Wildman–Crippen LogP) is 4.24. The number of alkyl carbamates (subject to hydrolysis) is 1. The minimum absolute atomic E-state index is 0.179. The number of sulfone groups is 1. The van der Waals surface area contributed by atoms with Crippen molar-refractivity contribution in [1.82, 2.24) is 15.3 Å². The van der Waals surface area contributed by atoms with Gasteiger partial charge in [0.05, 0.1) is 21.3 Å². The fourth-order valence-electron chi connectivity index (χ4n) is 3.91. The van der Waals surface area contributed by atoms with Crippen LogP contribution in [0, 0.1) is 0 Å². The monoisotopic (exact) mass is 500 g/mol. The molecule has 180 valence electrons. The lowest BCUT2D eigenvalue weighted by atomic mass is 9.97. The summed E-state index contributed by atoms with van der Waals surface area (Å²) in [7, 11) is -3.28. The van der Waals surface area contributed by atoms with Gasteiger partial charge in [-0.3, -0.25) is 0 Å². The first-order valence-corrected chi connectivity index (χ1v) is 14.0. The van der Waals surface area contributed by atoms with Crippen LogP contribution in [0.1, 0.15) is 36.4 Å². The molecule has 1 aliphatic rings. The maximum atomic E-state index is 11.9. The first-order chi connectivity index (χ1) is 16.3. The van der Waals surface area contributed by atoms with Gasteiger partial charge in [-0.25, -0.2) is 23.2 Å². The van der Waals surface area contributed by atoms with E-state index >= 15 is 0 Å². The standard InChI is InChI=1S/C24H28N4O4S2/c1-3-25-24(29)32-15-19-16-33-23(26-19)17-10-12-28(13-11-17)22-9-5-8-21(27-22)18-6-4-7-20(14-18)34(2,30)31/h4-9,14,16-17H,3,10-13,15H2,1-2H3,(H,25,29). The average Bonchev–Trinajstić information content (AvgIpc) is 3.32. The van der Waals surface area contributed by atoms with Crippen LogP contribution in [0.15, 0.2) is 52.7 Å². The van der Waals surface area contributed by atoms with Crippen LogP contribution in [-0.4, -0.2) is 50.4 Å². The van der Waals surface area contributed by atoms with E-state index in [1.807, 2.05) is 36.6 Å². The van der Waals surface area contributed by atoms with Crippen LogP contribution < -0.4 is 10.2 Å². The Morgan fingerprint density at radius 3 is 2.68 bits per heavy atom. The summed E-state index contributed by atoms with van der Waals surface area (Å²) in [5.41, 5.74) is 2.31. The highest BCUT2D eigenvalue weighted by Gasteiger charge is 2.24. The smallest absolute Gasteiger partial charge is 0.407 e. The minimum Gasteiger partial charge on any atom is -0.443 e. The number of hydrogen-bond donors (Lipinski definition) is 1. The van der Waals surface area contributed by atoms with Crippen molar-refractivity contribution in [2.75, 3.05) is 30.8 Å². The number of carbonyl (C=O) groups excluding carboxylic acids is 1. The number of benzene rings is 1. The summed E-state index contributed by atoms with van der Waals surface area (Å²) in [5, 5.41) is 5.64. The molecule has 0 radical (unpaired) electrons. The van der Waals surface area contributed by atoms with Gasteiger partial charge in [-0.2, -0.15) is 0 Å². The second-order valence-electron chi connectivity index (χ2n) is 8.23. The molecule has 1 aromatic carbocycles. The van der Waals surface area contributed by atoms with E-state index in [0.717, 1.165) is 53.7 Å². The molecule has 0 unspecified atom stereocenters. The van der Waals surface area contributed by atoms with Crippen molar-refractivity contribution in [1.29, 1.82) is 0 Å². The molecule has 0 bridgehead atoms. The van der Waals surface area contributed by atoms with Crippen molar-refractivity contribution in [2.24, 2.45) is 0 Å². The second-order valence-corrected chi connectivity index (χ2v) is 11.1. The van der Waals surface area contributed by atoms with Gasteiger partial charge in [-0.1, -0.05) is 18.2 Å². The van der Waals surface area contributed by atoms with Gasteiger partial charge in [0.25, 0.3) is 0 Å². The summed E-state index contributed by atoms with van der Waals surface area (Å²) < 4.78 is 29.0. The third kappa shape index (κ3) is 5.92. The Bertz CT molecular complexity index is 1250. The number of piperidine rings is 1. The van der Waals surface area contributed by atoms with Crippen LogP contribution >= 0.6 is 11.3 Å². The van der Waals surface area contributed by atoms with Crippen LogP contribution in [-0.2, 0) is 21.2 Å². The molecule has 1 aliphatic heterocycles. The molecule has 1 saturated heterocycles. The molecule has 0 aliphatic carbocycles. The lowest BCUT2D eigenvalue weighted by Crippen LogP contribution is -2.33. The van der Waals surface area contributed by atoms with Gasteiger partial charge in [-0.05, 0) is 44.0 Å². The zero-order chi connectivity index (χ0) is 24.1. The number of carbonyl (C=O) groups is 1. The molecule has 4 rings (SSSR count). The van der Waals surface area contributed by atoms with Crippen molar-refractivity contribution >= 4 is 33.1 Å². The van der Waals surface area contributed by atoms with Crippen LogP contribution in [0.5, 0.6) is 0 Å². The van der Waals surface area contributed by atoms with E-state index in [-0.39, 0.29) is 11.5 Å². The van der Waals surface area contributed by atoms with Crippen LogP contribution in [0.25, 0.3) is 11.3 Å². The number of aromatic nitrogens is 2. The van der Waals surface area contributed by atoms with Gasteiger partial charge < -0.3 is 15.0 Å². The van der Waals surface area contributed by atoms with Crippen molar-refractivity contribution in [3.05, 3.63) is 58.5 Å². The largest absolute Gasteiger partial charge is 0.443 e. The molecule has 1 fully saturated rings. The highest BCUT2D eigenvalue weighted by atomic mass is 32.2. The lowest BCUT2D eigenvalue weighted by Gasteiger charge is -2.32. The van der Waals surface area contributed by atoms with E-state index in [1.54, 1.807) is 29.5 Å². The van der Waals surface area contributed by atoms with Crippen LogP contribution in [0.3, 0.4) is 0 Å². The molecular formula is C24H28N4O4S2. The highest BCUT2D eigenvalue weighted by molar-refractivity contribution is 7.90. The highest BCUT2D eigenvalue weighted by Crippen LogP contribution is 2.32. The van der Waals surface area contributed by atoms with E-state index < -0.39 is 15.9 Å². The third-order valence-corrected chi connectivity index (χ3v) is 7.87. The summed E-state index contributed by atoms with van der Waals surface area (Å²) in [4.78, 5) is 23.5. The number of pyridine rings is 1. The fraction of sp³-hybridized carbons (Fsp3) is 0.375. The molecule has 10 heteroatoms. The first kappa shape index (κ1) is 24.2. The molecule has 0 spiro atoms. The summed E-state index contributed by atoms with van der Waals surface area (Å²) in [6.07, 6.45) is 2.70. The van der Waals surface area contributed by atoms with Crippen LogP contribution in [0.2, 0.25) is 0 Å². The zero-order valence-corrected chi connectivity index (χ0v) is 20.9. The first-order valence-electron chi connectivity index (χ1n) is 11.2. The predicted molar refractivity (Wildman–Crippen MR) is 133 cm³/mol. The topological polar surface area (TPSA) is 101 Å². The number of thiazole rings is 1. The zero-order valence-electron chi connectivity index (χ0n) is 19.2. The van der Waals surface area contributed by atoms with Crippen molar-refractivity contribution in [2.45, 2.75) is 37.2 Å². The quantitative estimate of drug-likeness (QED) is 0.518. The van der Waals surface area contributed by atoms with Gasteiger partial charge in [0, 0.05) is 42.8 Å². The summed E-state index contributed by atoms with van der Waals surface area (Å²) in [6.45, 7) is 4.27. The Morgan fingerprint density at radius 1 is 1.18 bits per heavy atom. The molecule has 0 atom stereocenters. The number of anilines is 1. The summed E-state index contributed by atoms with van der Waals surface area (Å²) >= 11 is 1.62. The van der Waals surface area contributed by atoms with Gasteiger partial charge in [0.2, 0.25) is 0 Å². The summed E-state index contributed by atoms with van der Waals surface area (Å²) in [5.74, 6) is 1.25. The summed E-state index contributed by atoms with van der Waals surface area (Å²) in [6, 6.07) is 12.7. The number of amides is 1. The van der Waals surface area contributed by atoms with Crippen molar-refractivity contribution in [3.8, 4) is 11.3 Å². The van der Waals surface area contributed by atoms with Crippen molar-refractivity contribution in [3.63, 3.8) is 0 Å². The maximum Gasteiger partial charge on any atom is 0.407 e. The molecule has 3 aromatic rings. The number of nitrogens with zero attached hydrogens (tertiary/aromatic N) is 3. The molecule has 2 aromatic heterocycles. The lowest BCUT2D eigenvalue weighted by molar-refractivity contribution is 0.139. The molecule has 1 N–H and O–H groups in total. The number of nitrogens with one attached hydrogen (secondary N) is 1. The van der Waals surface area contributed by atoms with E-state index in [2.05, 4.69) is 15.2 Å². The van der Waals surface area contributed by atoms with Gasteiger partial charge in [0.1, 0.15) is 12.4 Å². The minimum atomic E-state index is -3.28. The Labute approximate surface area is 203 Å². The Kier molecular flexibility index (Phi) is 7.47. The van der Waals surface area contributed by atoms with E-state index in [9.17, 15) is 13.2 Å². The van der Waals surface area contributed by atoms with E-state index in [0.29, 0.717) is 12.5 Å². The van der Waals surface area contributed by atoms with Gasteiger partial charge in [0.15, 0.2) is 9.84 Å². The number of ether oxygens (including phenoxy) is 1. The molecule has 8 nitrogen and oxygen atoms in total. The SMILES string of the molecule is CCNC(=O)OCc1csc(C2CCN(c3cccc(-c4cccc(S(C)(=O)=O)c4)n3)CC2)n1. The molecule has 1 amide bonds. The number of rotatable bonds is 7. The number of hydrogen-bond acceptors (Lipinski definition) is 8. The van der Waals surface area contributed by atoms with Crippen molar-refractivity contribution < 1.29 is 17.9 Å². The maximum absolute atomic E-state index is 11.9. The third-order valence-electron chi connectivity index (χ3n) is 5.70. The normalized spacial score (nSPS) is 14.7. The van der Waals surface area contributed by atoms with Gasteiger partial charge in [-0.15, -0.1) is 11.3 Å². The molecular weight excluding hydrogens is 472 g/mol. The van der Waals surface area contributed by atoms with Crippen LogP contribution in [0.4, 0.5) is 10.6 Å². The van der Waals surface area contributed by atoms with E-state index in [1.165, 1.54) is 6.26 Å². The fourth-order valence-corrected chi connectivity index (χ4v) is 5.56. The van der Waals surface area contributed by atoms with E-state index in [4.69, 9.17) is 9.72 Å². The van der Waals surface area contributed by atoms with Gasteiger partial charge >= 0.3 is 6.09 Å². The second kappa shape index (κ2) is 10.5.